The van der Waals surface area contributed by atoms with Gasteiger partial charge in [-0.15, -0.1) is 23.2 Å². The average Bonchev–Trinajstić information content (AvgIpc) is 2.78. The summed E-state index contributed by atoms with van der Waals surface area (Å²) < 4.78 is -0.725. The van der Waals surface area contributed by atoms with Crippen molar-refractivity contribution in [3.63, 3.8) is 0 Å². The van der Waals surface area contributed by atoms with E-state index in [4.69, 9.17) is 23.2 Å². The molecule has 0 spiro atoms. The van der Waals surface area contributed by atoms with Crippen molar-refractivity contribution in [3.8, 4) is 5.88 Å². The lowest BCUT2D eigenvalue weighted by Crippen LogP contribution is -2.24. The minimum Gasteiger partial charge on any atom is -0.494 e. The van der Waals surface area contributed by atoms with Crippen LogP contribution >= 0.6 is 23.2 Å². The summed E-state index contributed by atoms with van der Waals surface area (Å²) in [6.45, 7) is 0.366. The van der Waals surface area contributed by atoms with Gasteiger partial charge in [-0.2, -0.15) is 0 Å². The third-order valence-electron chi connectivity index (χ3n) is 2.46. The number of aromatic amines is 2. The number of H-pyrrole nitrogens is 2. The van der Waals surface area contributed by atoms with Crippen molar-refractivity contribution < 1.29 is 5.11 Å². The van der Waals surface area contributed by atoms with Crippen molar-refractivity contribution in [2.45, 2.75) is 10.8 Å². The van der Waals surface area contributed by atoms with Gasteiger partial charge in [-0.1, -0.05) is 0 Å². The van der Waals surface area contributed by atoms with Gasteiger partial charge in [-0.3, -0.25) is 19.8 Å². The van der Waals surface area contributed by atoms with Crippen molar-refractivity contribution in [2.75, 3.05) is 6.54 Å². The third-order valence-corrected chi connectivity index (χ3v) is 3.39. The summed E-state index contributed by atoms with van der Waals surface area (Å²) in [5.74, 6) is -0.452. The van der Waals surface area contributed by atoms with Crippen molar-refractivity contribution >= 4 is 29.4 Å². The molecule has 1 aromatic heterocycles. The van der Waals surface area contributed by atoms with E-state index in [-0.39, 0.29) is 11.5 Å². The summed E-state index contributed by atoms with van der Waals surface area (Å²) in [6, 6.07) is 0. The standard InChI is InChI=1S/C9H9Cl2N3O3/c10-9(11)1-4(9)2-12-3-5-6(15)13-8(17)14-7(5)16/h3-4H,1-2H2,(H3,13,14,15,16,17). The monoisotopic (exact) mass is 277 g/mol. The van der Waals surface area contributed by atoms with Gasteiger partial charge in [-0.25, -0.2) is 4.79 Å². The van der Waals surface area contributed by atoms with Gasteiger partial charge in [0.25, 0.3) is 5.56 Å². The number of rotatable bonds is 3. The van der Waals surface area contributed by atoms with Gasteiger partial charge in [-0.05, 0) is 6.42 Å². The highest BCUT2D eigenvalue weighted by molar-refractivity contribution is 6.50. The fraction of sp³-hybridized carbons (Fsp3) is 0.444. The predicted molar refractivity (Wildman–Crippen MR) is 64.4 cm³/mol. The molecule has 2 rings (SSSR count). The second-order valence-electron chi connectivity index (χ2n) is 3.83. The second kappa shape index (κ2) is 4.19. The molecular weight excluding hydrogens is 269 g/mol. The van der Waals surface area contributed by atoms with Crippen LogP contribution in [0.5, 0.6) is 5.88 Å². The maximum atomic E-state index is 11.3. The Morgan fingerprint density at radius 3 is 2.65 bits per heavy atom. The highest BCUT2D eigenvalue weighted by Crippen LogP contribution is 2.53. The highest BCUT2D eigenvalue weighted by atomic mass is 35.5. The molecule has 0 aromatic carbocycles. The van der Waals surface area contributed by atoms with E-state index in [9.17, 15) is 14.7 Å². The SMILES string of the molecule is O=c1[nH]c(O)c(C=NCC2CC2(Cl)Cl)c(=O)[nH]1. The van der Waals surface area contributed by atoms with Gasteiger partial charge in [0.05, 0.1) is 0 Å². The van der Waals surface area contributed by atoms with E-state index in [2.05, 4.69) is 9.98 Å². The first kappa shape index (κ1) is 12.2. The van der Waals surface area contributed by atoms with Gasteiger partial charge in [0, 0.05) is 18.7 Å². The van der Waals surface area contributed by atoms with Gasteiger partial charge in [0.2, 0.25) is 5.88 Å². The molecule has 1 aliphatic carbocycles. The normalized spacial score (nSPS) is 21.9. The summed E-state index contributed by atoms with van der Waals surface area (Å²) in [7, 11) is 0. The lowest BCUT2D eigenvalue weighted by atomic mass is 10.3. The second-order valence-corrected chi connectivity index (χ2v) is 5.37. The summed E-state index contributed by atoms with van der Waals surface area (Å²) in [4.78, 5) is 30.1. The quantitative estimate of drug-likeness (QED) is 0.550. The molecule has 1 heterocycles. The van der Waals surface area contributed by atoms with E-state index in [1.54, 1.807) is 0 Å². The molecule has 17 heavy (non-hydrogen) atoms. The molecule has 0 bridgehead atoms. The van der Waals surface area contributed by atoms with Gasteiger partial charge in [0.1, 0.15) is 9.90 Å². The van der Waals surface area contributed by atoms with Crippen molar-refractivity contribution in [2.24, 2.45) is 10.9 Å². The van der Waals surface area contributed by atoms with Crippen LogP contribution in [-0.4, -0.2) is 32.2 Å². The number of nitrogens with one attached hydrogen (secondary N) is 2. The Labute approximate surface area is 105 Å². The predicted octanol–water partition coefficient (Wildman–Crippen LogP) is 0.381. The largest absolute Gasteiger partial charge is 0.494 e. The molecule has 6 nitrogen and oxygen atoms in total. The van der Waals surface area contributed by atoms with Crippen LogP contribution < -0.4 is 11.2 Å². The van der Waals surface area contributed by atoms with Crippen LogP contribution in [0.15, 0.2) is 14.6 Å². The summed E-state index contributed by atoms with van der Waals surface area (Å²) in [6.07, 6.45) is 1.84. The van der Waals surface area contributed by atoms with Crippen LogP contribution in [0.1, 0.15) is 12.0 Å². The van der Waals surface area contributed by atoms with Crippen molar-refractivity contribution in [3.05, 3.63) is 26.4 Å². The van der Waals surface area contributed by atoms with E-state index in [1.165, 1.54) is 6.21 Å². The highest BCUT2D eigenvalue weighted by Gasteiger charge is 2.51. The number of halogens is 2. The molecule has 0 aliphatic heterocycles. The van der Waals surface area contributed by atoms with E-state index < -0.39 is 21.5 Å². The Hall–Kier alpha value is -1.27. The average molecular weight is 278 g/mol. The number of aliphatic imine (C=N–C) groups is 1. The summed E-state index contributed by atoms with van der Waals surface area (Å²) in [5.41, 5.74) is -1.57. The van der Waals surface area contributed by atoms with Crippen LogP contribution in [0.2, 0.25) is 0 Å². The Morgan fingerprint density at radius 2 is 2.12 bits per heavy atom. The molecule has 92 valence electrons. The van der Waals surface area contributed by atoms with Crippen LogP contribution in [0.25, 0.3) is 0 Å². The molecule has 1 fully saturated rings. The van der Waals surface area contributed by atoms with E-state index >= 15 is 0 Å². The molecule has 1 saturated carbocycles. The third kappa shape index (κ3) is 2.70. The van der Waals surface area contributed by atoms with Crippen LogP contribution in [-0.2, 0) is 0 Å². The van der Waals surface area contributed by atoms with Gasteiger partial charge < -0.3 is 5.11 Å². The maximum Gasteiger partial charge on any atom is 0.328 e. The van der Waals surface area contributed by atoms with Crippen LogP contribution in [0.3, 0.4) is 0 Å². The molecule has 0 radical (unpaired) electrons. The number of nitrogens with zero attached hydrogens (tertiary/aromatic N) is 1. The minimum absolute atomic E-state index is 0.0612. The Balaban J connectivity index is 2.12. The van der Waals surface area contributed by atoms with Gasteiger partial charge >= 0.3 is 5.69 Å². The summed E-state index contributed by atoms with van der Waals surface area (Å²) in [5, 5.41) is 9.34. The molecule has 1 atom stereocenters. The smallest absolute Gasteiger partial charge is 0.328 e. The minimum atomic E-state index is -0.771. The first-order chi connectivity index (χ1) is 7.90. The van der Waals surface area contributed by atoms with Crippen LogP contribution in [0.4, 0.5) is 0 Å². The first-order valence-electron chi connectivity index (χ1n) is 4.83. The molecule has 0 saturated heterocycles. The Morgan fingerprint density at radius 1 is 1.47 bits per heavy atom. The topological polar surface area (TPSA) is 98.3 Å². The molecule has 3 N–H and O–H groups in total. The number of hydrogen-bond acceptors (Lipinski definition) is 4. The maximum absolute atomic E-state index is 11.3. The molecule has 0 amide bonds. The molecular formula is C9H9Cl2N3O3. The van der Waals surface area contributed by atoms with Crippen LogP contribution in [0, 0.1) is 5.92 Å². The Kier molecular flexibility index (Phi) is 3.01. The molecule has 1 aliphatic rings. The lowest BCUT2D eigenvalue weighted by Gasteiger charge is -1.96. The molecule has 8 heteroatoms. The first-order valence-corrected chi connectivity index (χ1v) is 5.59. The molecule has 1 unspecified atom stereocenters. The van der Waals surface area contributed by atoms with Crippen molar-refractivity contribution in [1.29, 1.82) is 0 Å². The van der Waals surface area contributed by atoms with Crippen molar-refractivity contribution in [1.82, 2.24) is 9.97 Å². The fourth-order valence-corrected chi connectivity index (χ4v) is 1.85. The van der Waals surface area contributed by atoms with E-state index in [1.807, 2.05) is 4.98 Å². The summed E-state index contributed by atoms with van der Waals surface area (Å²) >= 11 is 11.6. The fourth-order valence-electron chi connectivity index (χ4n) is 1.34. The number of hydrogen-bond donors (Lipinski definition) is 3. The number of aromatic hydroxyl groups is 1. The number of alkyl halides is 2. The van der Waals surface area contributed by atoms with E-state index in [0.717, 1.165) is 0 Å². The molecule has 1 aromatic rings. The zero-order valence-electron chi connectivity index (χ0n) is 8.54. The number of aromatic nitrogens is 2. The Bertz CT molecular complexity index is 576. The lowest BCUT2D eigenvalue weighted by molar-refractivity contribution is 0.447. The zero-order valence-corrected chi connectivity index (χ0v) is 10.0. The van der Waals surface area contributed by atoms with Gasteiger partial charge in [0.15, 0.2) is 0 Å². The van der Waals surface area contributed by atoms with E-state index in [0.29, 0.717) is 13.0 Å². The zero-order chi connectivity index (χ0) is 12.6.